The minimum absolute atomic E-state index is 0.370. The molecule has 1 saturated carbocycles. The van der Waals surface area contributed by atoms with Gasteiger partial charge in [0.1, 0.15) is 0 Å². The third kappa shape index (κ3) is 3.70. The van der Waals surface area contributed by atoms with E-state index < -0.39 is 0 Å². The van der Waals surface area contributed by atoms with Crippen molar-refractivity contribution < 1.29 is 4.79 Å². The third-order valence-electron chi connectivity index (χ3n) is 4.45. The number of nitrogens with two attached hydrogens (primary N) is 1. The summed E-state index contributed by atoms with van der Waals surface area (Å²) < 4.78 is 0. The lowest BCUT2D eigenvalue weighted by Gasteiger charge is -2.32. The summed E-state index contributed by atoms with van der Waals surface area (Å²) >= 11 is 0. The van der Waals surface area contributed by atoms with Gasteiger partial charge in [-0.2, -0.15) is 0 Å². The van der Waals surface area contributed by atoms with Crippen LogP contribution in [0.5, 0.6) is 0 Å². The molecular formula is C14H26N2O. The number of hydrogen-bond acceptors (Lipinski definition) is 2. The summed E-state index contributed by atoms with van der Waals surface area (Å²) in [4.78, 5) is 14.2. The molecule has 2 N–H and O–H groups in total. The molecule has 2 rings (SSSR count). The normalized spacial score (nSPS) is 26.4. The predicted octanol–water partition coefficient (Wildman–Crippen LogP) is 2.15. The first-order valence-corrected chi connectivity index (χ1v) is 7.27. The molecule has 0 aromatic heterocycles. The van der Waals surface area contributed by atoms with Crippen LogP contribution in [0.15, 0.2) is 0 Å². The lowest BCUT2D eigenvalue weighted by molar-refractivity contribution is -0.133. The van der Waals surface area contributed by atoms with Crippen molar-refractivity contribution in [3.05, 3.63) is 0 Å². The van der Waals surface area contributed by atoms with Crippen LogP contribution in [0.3, 0.4) is 0 Å². The van der Waals surface area contributed by atoms with Gasteiger partial charge in [-0.3, -0.25) is 4.79 Å². The van der Waals surface area contributed by atoms with E-state index in [0.29, 0.717) is 11.8 Å². The average molecular weight is 238 g/mol. The Hall–Kier alpha value is -0.570. The molecule has 17 heavy (non-hydrogen) atoms. The number of hydrogen-bond donors (Lipinski definition) is 1. The Labute approximate surface area is 105 Å². The Bertz CT molecular complexity index is 249. The van der Waals surface area contributed by atoms with E-state index in [4.69, 9.17) is 5.73 Å². The quantitative estimate of drug-likeness (QED) is 0.815. The van der Waals surface area contributed by atoms with Crippen LogP contribution in [-0.4, -0.2) is 30.4 Å². The number of amides is 1. The maximum Gasteiger partial charge on any atom is 0.222 e. The topological polar surface area (TPSA) is 46.3 Å². The molecule has 2 aliphatic rings. The van der Waals surface area contributed by atoms with E-state index in [1.54, 1.807) is 0 Å². The van der Waals surface area contributed by atoms with E-state index in [0.717, 1.165) is 44.8 Å². The van der Waals surface area contributed by atoms with Gasteiger partial charge in [-0.25, -0.2) is 0 Å². The molecule has 0 aromatic carbocycles. The zero-order valence-corrected chi connectivity index (χ0v) is 10.9. The van der Waals surface area contributed by atoms with Crippen LogP contribution in [0, 0.1) is 11.8 Å². The summed E-state index contributed by atoms with van der Waals surface area (Å²) in [6.45, 7) is 2.59. The Balaban J connectivity index is 1.71. The molecule has 1 aliphatic heterocycles. The van der Waals surface area contributed by atoms with E-state index in [-0.39, 0.29) is 0 Å². The first-order valence-electron chi connectivity index (χ1n) is 7.27. The maximum absolute atomic E-state index is 12.1. The molecule has 1 amide bonds. The third-order valence-corrected chi connectivity index (χ3v) is 4.45. The number of rotatable bonds is 4. The monoisotopic (exact) mass is 238 g/mol. The summed E-state index contributed by atoms with van der Waals surface area (Å²) in [7, 11) is 0. The van der Waals surface area contributed by atoms with Crippen LogP contribution in [0.4, 0.5) is 0 Å². The van der Waals surface area contributed by atoms with Crippen LogP contribution >= 0.6 is 0 Å². The fourth-order valence-electron chi connectivity index (χ4n) is 3.27. The molecular weight excluding hydrogens is 212 g/mol. The molecule has 3 nitrogen and oxygen atoms in total. The van der Waals surface area contributed by atoms with Gasteiger partial charge in [0.15, 0.2) is 0 Å². The van der Waals surface area contributed by atoms with Crippen molar-refractivity contribution in [3.8, 4) is 0 Å². The SMILES string of the molecule is NC[C@H]1CCCN(C(=O)CCC2CCCC2)C1. The molecule has 1 saturated heterocycles. The Morgan fingerprint density at radius 2 is 1.82 bits per heavy atom. The van der Waals surface area contributed by atoms with Crippen molar-refractivity contribution >= 4 is 5.91 Å². The fraction of sp³-hybridized carbons (Fsp3) is 0.929. The standard InChI is InChI=1S/C14H26N2O/c15-10-13-6-3-9-16(11-13)14(17)8-7-12-4-1-2-5-12/h12-13H,1-11,15H2/t13-/m1/s1. The van der Waals surface area contributed by atoms with Crippen LogP contribution in [0.1, 0.15) is 51.4 Å². The second-order valence-electron chi connectivity index (χ2n) is 5.77. The summed E-state index contributed by atoms with van der Waals surface area (Å²) in [5.74, 6) is 1.74. The minimum Gasteiger partial charge on any atom is -0.342 e. The molecule has 1 heterocycles. The van der Waals surface area contributed by atoms with Gasteiger partial charge in [0.2, 0.25) is 5.91 Å². The van der Waals surface area contributed by atoms with Crippen molar-refractivity contribution in [1.82, 2.24) is 4.90 Å². The molecule has 0 aromatic rings. The molecule has 98 valence electrons. The van der Waals surface area contributed by atoms with E-state index in [9.17, 15) is 4.79 Å². The number of likely N-dealkylation sites (tertiary alicyclic amines) is 1. The smallest absolute Gasteiger partial charge is 0.222 e. The minimum atomic E-state index is 0.370. The highest BCUT2D eigenvalue weighted by Crippen LogP contribution is 2.29. The largest absolute Gasteiger partial charge is 0.342 e. The van der Waals surface area contributed by atoms with E-state index in [2.05, 4.69) is 4.90 Å². The molecule has 1 aliphatic carbocycles. The molecule has 0 bridgehead atoms. The Morgan fingerprint density at radius 3 is 2.53 bits per heavy atom. The van der Waals surface area contributed by atoms with Crippen LogP contribution in [-0.2, 0) is 4.79 Å². The van der Waals surface area contributed by atoms with Crippen LogP contribution in [0.25, 0.3) is 0 Å². The van der Waals surface area contributed by atoms with Gasteiger partial charge in [-0.15, -0.1) is 0 Å². The summed E-state index contributed by atoms with van der Waals surface area (Å²) in [5, 5.41) is 0. The zero-order valence-electron chi connectivity index (χ0n) is 10.9. The molecule has 2 fully saturated rings. The number of nitrogens with zero attached hydrogens (tertiary/aromatic N) is 1. The average Bonchev–Trinajstić information content (AvgIpc) is 2.89. The van der Waals surface area contributed by atoms with Gasteiger partial charge in [-0.05, 0) is 37.6 Å². The van der Waals surface area contributed by atoms with E-state index in [1.165, 1.54) is 32.1 Å². The lowest BCUT2D eigenvalue weighted by atomic mass is 9.97. The maximum atomic E-state index is 12.1. The van der Waals surface area contributed by atoms with Crippen molar-refractivity contribution in [2.75, 3.05) is 19.6 Å². The van der Waals surface area contributed by atoms with Gasteiger partial charge < -0.3 is 10.6 Å². The lowest BCUT2D eigenvalue weighted by Crippen LogP contribution is -2.42. The highest BCUT2D eigenvalue weighted by molar-refractivity contribution is 5.76. The summed E-state index contributed by atoms with van der Waals surface area (Å²) in [5.41, 5.74) is 5.70. The predicted molar refractivity (Wildman–Crippen MR) is 69.6 cm³/mol. The first-order chi connectivity index (χ1) is 8.29. The van der Waals surface area contributed by atoms with Crippen LogP contribution < -0.4 is 5.73 Å². The summed E-state index contributed by atoms with van der Waals surface area (Å²) in [6.07, 6.45) is 9.65. The molecule has 0 spiro atoms. The first kappa shape index (κ1) is 12.9. The van der Waals surface area contributed by atoms with Gasteiger partial charge in [0.25, 0.3) is 0 Å². The molecule has 0 unspecified atom stereocenters. The van der Waals surface area contributed by atoms with Gasteiger partial charge >= 0.3 is 0 Å². The van der Waals surface area contributed by atoms with Crippen LogP contribution in [0.2, 0.25) is 0 Å². The highest BCUT2D eigenvalue weighted by Gasteiger charge is 2.23. The van der Waals surface area contributed by atoms with Gasteiger partial charge in [0, 0.05) is 19.5 Å². The second kappa shape index (κ2) is 6.39. The molecule has 0 radical (unpaired) electrons. The van der Waals surface area contributed by atoms with Gasteiger partial charge in [0.05, 0.1) is 0 Å². The van der Waals surface area contributed by atoms with Crippen molar-refractivity contribution in [1.29, 1.82) is 0 Å². The number of carbonyl (C=O) groups is 1. The van der Waals surface area contributed by atoms with Crippen molar-refractivity contribution in [2.24, 2.45) is 17.6 Å². The zero-order chi connectivity index (χ0) is 12.1. The van der Waals surface area contributed by atoms with E-state index >= 15 is 0 Å². The van der Waals surface area contributed by atoms with Crippen molar-refractivity contribution in [2.45, 2.75) is 51.4 Å². The second-order valence-corrected chi connectivity index (χ2v) is 5.77. The Morgan fingerprint density at radius 1 is 1.12 bits per heavy atom. The van der Waals surface area contributed by atoms with Crippen molar-refractivity contribution in [3.63, 3.8) is 0 Å². The van der Waals surface area contributed by atoms with E-state index in [1.807, 2.05) is 0 Å². The fourth-order valence-corrected chi connectivity index (χ4v) is 3.27. The molecule has 1 atom stereocenters. The number of carbonyl (C=O) groups excluding carboxylic acids is 1. The van der Waals surface area contributed by atoms with Gasteiger partial charge in [-0.1, -0.05) is 25.7 Å². The molecule has 3 heteroatoms. The summed E-state index contributed by atoms with van der Waals surface area (Å²) in [6, 6.07) is 0. The number of piperidine rings is 1. The highest BCUT2D eigenvalue weighted by atomic mass is 16.2. The Kier molecular flexibility index (Phi) is 4.84.